The SMILES string of the molecule is C[C@@H](c1ccccc1)N(CC(=O)OC(C)(C)C)C(=O)CN(Cc1ccccc1)Cc1ccccc1. The molecule has 5 nitrogen and oxygen atoms in total. The van der Waals surface area contributed by atoms with Gasteiger partial charge in [0.25, 0.3) is 0 Å². The number of nitrogens with zero attached hydrogens (tertiary/aromatic N) is 2. The van der Waals surface area contributed by atoms with E-state index in [-0.39, 0.29) is 25.0 Å². The quantitative estimate of drug-likeness (QED) is 0.359. The van der Waals surface area contributed by atoms with Gasteiger partial charge in [-0.05, 0) is 44.4 Å². The van der Waals surface area contributed by atoms with Crippen LogP contribution in [0.15, 0.2) is 91.0 Å². The summed E-state index contributed by atoms with van der Waals surface area (Å²) < 4.78 is 5.55. The third-order valence-corrected chi connectivity index (χ3v) is 5.65. The summed E-state index contributed by atoms with van der Waals surface area (Å²) in [4.78, 5) is 30.2. The van der Waals surface area contributed by atoms with Crippen LogP contribution in [0.25, 0.3) is 0 Å². The third kappa shape index (κ3) is 8.69. The van der Waals surface area contributed by atoms with Gasteiger partial charge in [-0.15, -0.1) is 0 Å². The van der Waals surface area contributed by atoms with Gasteiger partial charge in [-0.25, -0.2) is 0 Å². The molecule has 3 aromatic carbocycles. The van der Waals surface area contributed by atoms with Crippen LogP contribution in [0, 0.1) is 0 Å². The topological polar surface area (TPSA) is 49.9 Å². The first-order valence-electron chi connectivity index (χ1n) is 12.1. The molecule has 1 atom stereocenters. The van der Waals surface area contributed by atoms with E-state index in [1.807, 2.05) is 94.4 Å². The highest BCUT2D eigenvalue weighted by Gasteiger charge is 2.28. The number of hydrogen-bond acceptors (Lipinski definition) is 4. The highest BCUT2D eigenvalue weighted by atomic mass is 16.6. The van der Waals surface area contributed by atoms with Gasteiger partial charge in [-0.3, -0.25) is 14.5 Å². The Bertz CT molecular complexity index is 1020. The molecule has 35 heavy (non-hydrogen) atoms. The molecule has 0 fully saturated rings. The third-order valence-electron chi connectivity index (χ3n) is 5.65. The molecule has 0 saturated carbocycles. The van der Waals surface area contributed by atoms with E-state index < -0.39 is 11.6 Å². The number of esters is 1. The second-order valence-corrected chi connectivity index (χ2v) is 9.81. The summed E-state index contributed by atoms with van der Waals surface area (Å²) in [5.74, 6) is -0.523. The minimum atomic E-state index is -0.617. The fraction of sp³-hybridized carbons (Fsp3) is 0.333. The number of benzene rings is 3. The van der Waals surface area contributed by atoms with Gasteiger partial charge in [0.15, 0.2) is 0 Å². The summed E-state index contributed by atoms with van der Waals surface area (Å²) >= 11 is 0. The molecule has 1 amide bonds. The second-order valence-electron chi connectivity index (χ2n) is 9.81. The van der Waals surface area contributed by atoms with Crippen LogP contribution in [-0.2, 0) is 27.4 Å². The summed E-state index contributed by atoms with van der Waals surface area (Å²) in [6, 6.07) is 29.8. The van der Waals surface area contributed by atoms with Gasteiger partial charge in [0.1, 0.15) is 12.1 Å². The van der Waals surface area contributed by atoms with E-state index in [1.54, 1.807) is 4.90 Å². The normalized spacial score (nSPS) is 12.3. The Hall–Kier alpha value is -3.44. The van der Waals surface area contributed by atoms with Crippen molar-refractivity contribution in [2.24, 2.45) is 0 Å². The van der Waals surface area contributed by atoms with Crippen molar-refractivity contribution in [3.63, 3.8) is 0 Å². The summed E-state index contributed by atoms with van der Waals surface area (Å²) in [6.07, 6.45) is 0. The summed E-state index contributed by atoms with van der Waals surface area (Å²) in [6.45, 7) is 8.79. The van der Waals surface area contributed by atoms with Crippen LogP contribution in [0.3, 0.4) is 0 Å². The van der Waals surface area contributed by atoms with E-state index in [4.69, 9.17) is 4.74 Å². The predicted molar refractivity (Wildman–Crippen MR) is 139 cm³/mol. The molecular formula is C30H36N2O3. The zero-order chi connectivity index (χ0) is 25.3. The highest BCUT2D eigenvalue weighted by Crippen LogP contribution is 2.22. The molecule has 5 heteroatoms. The molecule has 0 saturated heterocycles. The van der Waals surface area contributed by atoms with Crippen LogP contribution in [0.4, 0.5) is 0 Å². The molecule has 0 aliphatic carbocycles. The lowest BCUT2D eigenvalue weighted by atomic mass is 10.1. The van der Waals surface area contributed by atoms with Crippen molar-refractivity contribution in [1.82, 2.24) is 9.80 Å². The Kier molecular flexibility index (Phi) is 9.21. The first-order valence-corrected chi connectivity index (χ1v) is 12.1. The summed E-state index contributed by atoms with van der Waals surface area (Å²) in [5.41, 5.74) is 2.62. The molecule has 3 rings (SSSR count). The standard InChI is InChI=1S/C30H36N2O3/c1-24(27-18-12-7-13-19-27)32(23-29(34)35-30(2,3)4)28(33)22-31(20-25-14-8-5-9-15-25)21-26-16-10-6-11-17-26/h5-19,24H,20-23H2,1-4H3/t24-/m0/s1. The highest BCUT2D eigenvalue weighted by molar-refractivity contribution is 5.84. The predicted octanol–water partition coefficient (Wildman–Crippen LogP) is 5.62. The molecule has 0 N–H and O–H groups in total. The van der Waals surface area contributed by atoms with Gasteiger partial charge in [-0.2, -0.15) is 0 Å². The lowest BCUT2D eigenvalue weighted by Gasteiger charge is -2.32. The van der Waals surface area contributed by atoms with Gasteiger partial charge >= 0.3 is 5.97 Å². The minimum Gasteiger partial charge on any atom is -0.459 e. The van der Waals surface area contributed by atoms with E-state index in [1.165, 1.54) is 0 Å². The maximum atomic E-state index is 13.7. The average Bonchev–Trinajstić information content (AvgIpc) is 2.83. The Balaban J connectivity index is 1.83. The second kappa shape index (κ2) is 12.3. The molecule has 0 unspecified atom stereocenters. The lowest BCUT2D eigenvalue weighted by molar-refractivity contribution is -0.160. The molecule has 0 spiro atoms. The Morgan fingerprint density at radius 2 is 1.20 bits per heavy atom. The lowest BCUT2D eigenvalue weighted by Crippen LogP contribution is -2.44. The molecule has 3 aromatic rings. The van der Waals surface area contributed by atoms with E-state index in [2.05, 4.69) is 29.2 Å². The van der Waals surface area contributed by atoms with Crippen molar-refractivity contribution >= 4 is 11.9 Å². The fourth-order valence-electron chi connectivity index (χ4n) is 4.00. The average molecular weight is 473 g/mol. The minimum absolute atomic E-state index is 0.101. The van der Waals surface area contributed by atoms with Crippen molar-refractivity contribution in [2.45, 2.75) is 52.4 Å². The molecular weight excluding hydrogens is 436 g/mol. The molecule has 0 aliphatic heterocycles. The fourth-order valence-corrected chi connectivity index (χ4v) is 4.00. The number of rotatable bonds is 10. The van der Waals surface area contributed by atoms with Crippen molar-refractivity contribution in [2.75, 3.05) is 13.1 Å². The molecule has 184 valence electrons. The smallest absolute Gasteiger partial charge is 0.326 e. The summed E-state index contributed by atoms with van der Waals surface area (Å²) in [5, 5.41) is 0. The van der Waals surface area contributed by atoms with E-state index in [0.29, 0.717) is 13.1 Å². The molecule has 0 radical (unpaired) electrons. The maximum absolute atomic E-state index is 13.7. The first-order chi connectivity index (χ1) is 16.7. The Morgan fingerprint density at radius 1 is 0.743 bits per heavy atom. The van der Waals surface area contributed by atoms with Gasteiger partial charge in [0.2, 0.25) is 5.91 Å². The van der Waals surface area contributed by atoms with Crippen LogP contribution in [-0.4, -0.2) is 40.4 Å². The van der Waals surface area contributed by atoms with E-state index in [9.17, 15) is 9.59 Å². The van der Waals surface area contributed by atoms with Crippen LogP contribution in [0.1, 0.15) is 50.4 Å². The number of carbonyl (C=O) groups is 2. The zero-order valence-electron chi connectivity index (χ0n) is 21.2. The van der Waals surface area contributed by atoms with Gasteiger partial charge in [0, 0.05) is 13.1 Å². The van der Waals surface area contributed by atoms with Gasteiger partial charge in [-0.1, -0.05) is 91.0 Å². The number of amides is 1. The first kappa shape index (κ1) is 26.2. The van der Waals surface area contributed by atoms with Crippen LogP contribution >= 0.6 is 0 Å². The van der Waals surface area contributed by atoms with Crippen molar-refractivity contribution in [1.29, 1.82) is 0 Å². The Labute approximate surface area is 209 Å². The van der Waals surface area contributed by atoms with Gasteiger partial charge < -0.3 is 9.64 Å². The number of hydrogen-bond donors (Lipinski definition) is 0. The largest absolute Gasteiger partial charge is 0.459 e. The molecule has 0 aromatic heterocycles. The molecule has 0 bridgehead atoms. The zero-order valence-corrected chi connectivity index (χ0v) is 21.2. The van der Waals surface area contributed by atoms with Crippen molar-refractivity contribution in [3.05, 3.63) is 108 Å². The van der Waals surface area contributed by atoms with Crippen molar-refractivity contribution < 1.29 is 14.3 Å². The van der Waals surface area contributed by atoms with E-state index in [0.717, 1.165) is 16.7 Å². The van der Waals surface area contributed by atoms with Crippen LogP contribution < -0.4 is 0 Å². The monoisotopic (exact) mass is 472 g/mol. The number of carbonyl (C=O) groups excluding carboxylic acids is 2. The van der Waals surface area contributed by atoms with Crippen LogP contribution in [0.5, 0.6) is 0 Å². The maximum Gasteiger partial charge on any atom is 0.326 e. The molecule has 0 heterocycles. The van der Waals surface area contributed by atoms with Gasteiger partial charge in [0.05, 0.1) is 12.6 Å². The molecule has 0 aliphatic rings. The Morgan fingerprint density at radius 3 is 1.66 bits per heavy atom. The number of ether oxygens (including phenoxy) is 1. The van der Waals surface area contributed by atoms with Crippen molar-refractivity contribution in [3.8, 4) is 0 Å². The van der Waals surface area contributed by atoms with E-state index >= 15 is 0 Å². The van der Waals surface area contributed by atoms with Crippen LogP contribution in [0.2, 0.25) is 0 Å². The summed E-state index contributed by atoms with van der Waals surface area (Å²) in [7, 11) is 0.